The van der Waals surface area contributed by atoms with Crippen LogP contribution in [0.15, 0.2) is 24.3 Å². The van der Waals surface area contributed by atoms with Gasteiger partial charge in [-0.2, -0.15) is 0 Å². The maximum atomic E-state index is 12.3. The first-order valence-electron chi connectivity index (χ1n) is 9.88. The van der Waals surface area contributed by atoms with E-state index in [9.17, 15) is 4.79 Å². The number of nitrogens with zero attached hydrogens (tertiary/aromatic N) is 3. The highest BCUT2D eigenvalue weighted by atomic mass is 32.1. The molecule has 0 unspecified atom stereocenters. The Bertz CT molecular complexity index is 1050. The molecule has 4 heterocycles. The molecule has 2 aliphatic rings. The van der Waals surface area contributed by atoms with E-state index in [1.54, 1.807) is 0 Å². The predicted molar refractivity (Wildman–Crippen MR) is 114 cm³/mol. The largest absolute Gasteiger partial charge is 0.489 e. The van der Waals surface area contributed by atoms with Crippen molar-refractivity contribution >= 4 is 44.1 Å². The molecule has 1 amide bonds. The predicted octanol–water partition coefficient (Wildman–Crippen LogP) is 3.10. The minimum atomic E-state index is -0.0468. The fraction of sp³-hybridized carbons (Fsp3) is 0.429. The van der Waals surface area contributed by atoms with Crippen LogP contribution in [0.1, 0.15) is 23.5 Å². The van der Waals surface area contributed by atoms with Crippen LogP contribution in [0.3, 0.4) is 0 Å². The van der Waals surface area contributed by atoms with E-state index in [2.05, 4.69) is 53.2 Å². The minimum absolute atomic E-state index is 0.0468. The molecule has 7 heteroatoms. The second-order valence-corrected chi connectivity index (χ2v) is 8.71. The topological polar surface area (TPSA) is 57.7 Å². The molecule has 146 valence electrons. The zero-order chi connectivity index (χ0) is 19.3. The number of carbonyl (C=O) groups is 1. The third kappa shape index (κ3) is 2.89. The molecule has 1 saturated heterocycles. The maximum absolute atomic E-state index is 12.3. The van der Waals surface area contributed by atoms with Crippen LogP contribution in [-0.2, 0) is 0 Å². The lowest BCUT2D eigenvalue weighted by Gasteiger charge is -2.37. The molecule has 0 bridgehead atoms. The minimum Gasteiger partial charge on any atom is -0.489 e. The van der Waals surface area contributed by atoms with Crippen molar-refractivity contribution in [3.8, 4) is 5.75 Å². The van der Waals surface area contributed by atoms with Crippen molar-refractivity contribution in [2.45, 2.75) is 19.9 Å². The first kappa shape index (κ1) is 17.7. The Balaban J connectivity index is 1.54. The average molecular weight is 397 g/mol. The molecule has 0 spiro atoms. The summed E-state index contributed by atoms with van der Waals surface area (Å²) in [5.41, 5.74) is 0.949. The lowest BCUT2D eigenvalue weighted by Crippen LogP contribution is -2.49. The van der Waals surface area contributed by atoms with Gasteiger partial charge in [0.25, 0.3) is 5.91 Å². The smallest absolute Gasteiger partial charge is 0.265 e. The van der Waals surface area contributed by atoms with Gasteiger partial charge in [-0.15, -0.1) is 11.3 Å². The summed E-state index contributed by atoms with van der Waals surface area (Å²) in [6.45, 7) is 9.66. The van der Waals surface area contributed by atoms with Crippen LogP contribution < -0.4 is 15.0 Å². The van der Waals surface area contributed by atoms with E-state index in [1.807, 2.05) is 0 Å². The number of anilines is 1. The van der Waals surface area contributed by atoms with Crippen molar-refractivity contribution in [2.24, 2.45) is 0 Å². The van der Waals surface area contributed by atoms with E-state index in [0.29, 0.717) is 29.8 Å². The number of thiophene rings is 1. The van der Waals surface area contributed by atoms with Gasteiger partial charge in [-0.05, 0) is 38.1 Å². The fourth-order valence-electron chi connectivity index (χ4n) is 4.09. The lowest BCUT2D eigenvalue weighted by molar-refractivity contribution is 0.0961. The molecule has 6 nitrogen and oxygen atoms in total. The average Bonchev–Trinajstić information content (AvgIpc) is 3.00. The van der Waals surface area contributed by atoms with E-state index in [0.717, 1.165) is 53.0 Å². The number of piperazine rings is 1. The third-order valence-electron chi connectivity index (χ3n) is 5.67. The van der Waals surface area contributed by atoms with Gasteiger partial charge < -0.3 is 15.0 Å². The number of fused-ring (bicyclic) bond motifs is 5. The molecule has 1 fully saturated rings. The molecule has 1 N–H and O–H groups in total. The van der Waals surface area contributed by atoms with E-state index in [4.69, 9.17) is 9.72 Å². The summed E-state index contributed by atoms with van der Waals surface area (Å²) in [5, 5.41) is 4.96. The quantitative estimate of drug-likeness (QED) is 0.721. The van der Waals surface area contributed by atoms with Crippen molar-refractivity contribution in [1.82, 2.24) is 15.2 Å². The summed E-state index contributed by atoms with van der Waals surface area (Å²) in [5.74, 6) is 1.69. The molecule has 2 aliphatic heterocycles. The summed E-state index contributed by atoms with van der Waals surface area (Å²) in [6, 6.07) is 8.94. The number of carbonyl (C=O) groups excluding carboxylic acids is 1. The lowest BCUT2D eigenvalue weighted by atomic mass is 10.1. The van der Waals surface area contributed by atoms with Gasteiger partial charge in [-0.25, -0.2) is 4.98 Å². The van der Waals surface area contributed by atoms with Gasteiger partial charge in [-0.3, -0.25) is 9.69 Å². The van der Waals surface area contributed by atoms with Gasteiger partial charge in [0, 0.05) is 47.7 Å². The Hall–Kier alpha value is -2.38. The van der Waals surface area contributed by atoms with Crippen molar-refractivity contribution in [2.75, 3.05) is 44.2 Å². The zero-order valence-corrected chi connectivity index (χ0v) is 17.0. The van der Waals surface area contributed by atoms with Crippen molar-refractivity contribution in [1.29, 1.82) is 0 Å². The van der Waals surface area contributed by atoms with Crippen molar-refractivity contribution in [3.63, 3.8) is 0 Å². The third-order valence-corrected chi connectivity index (χ3v) is 6.81. The van der Waals surface area contributed by atoms with E-state index < -0.39 is 0 Å². The Morgan fingerprint density at radius 1 is 1.14 bits per heavy atom. The SMILES string of the molecule is CC(C)N1CCN(c2ccc3c(ccc4sc5c(c43)OCCNC5=O)n2)CC1. The van der Waals surface area contributed by atoms with Crippen molar-refractivity contribution < 1.29 is 9.53 Å². The molecule has 0 aliphatic carbocycles. The Labute approximate surface area is 168 Å². The van der Waals surface area contributed by atoms with Crippen molar-refractivity contribution in [3.05, 3.63) is 29.1 Å². The highest BCUT2D eigenvalue weighted by molar-refractivity contribution is 7.21. The van der Waals surface area contributed by atoms with Gasteiger partial charge in [0.2, 0.25) is 0 Å². The molecule has 0 saturated carbocycles. The van der Waals surface area contributed by atoms with Crippen LogP contribution in [0.4, 0.5) is 5.82 Å². The molecule has 0 radical (unpaired) electrons. The highest BCUT2D eigenvalue weighted by Gasteiger charge is 2.25. The molecular weight excluding hydrogens is 372 g/mol. The van der Waals surface area contributed by atoms with Crippen LogP contribution in [0.5, 0.6) is 5.75 Å². The molecule has 5 rings (SSSR count). The van der Waals surface area contributed by atoms with Gasteiger partial charge in [0.05, 0.1) is 12.1 Å². The van der Waals surface area contributed by atoms with E-state index in [-0.39, 0.29) is 5.91 Å². The number of hydrogen-bond acceptors (Lipinski definition) is 6. The summed E-state index contributed by atoms with van der Waals surface area (Å²) < 4.78 is 7.01. The monoisotopic (exact) mass is 396 g/mol. The zero-order valence-electron chi connectivity index (χ0n) is 16.2. The van der Waals surface area contributed by atoms with Gasteiger partial charge in [0.1, 0.15) is 17.3 Å². The molecular formula is C21H24N4O2S. The number of pyridine rings is 1. The first-order valence-corrected chi connectivity index (χ1v) is 10.7. The number of nitrogens with one attached hydrogen (secondary N) is 1. The van der Waals surface area contributed by atoms with E-state index >= 15 is 0 Å². The van der Waals surface area contributed by atoms with Gasteiger partial charge in [0.15, 0.2) is 5.75 Å². The van der Waals surface area contributed by atoms with E-state index in [1.165, 1.54) is 11.3 Å². The van der Waals surface area contributed by atoms with Crippen LogP contribution in [0.25, 0.3) is 21.0 Å². The second-order valence-electron chi connectivity index (χ2n) is 7.66. The summed E-state index contributed by atoms with van der Waals surface area (Å²) >= 11 is 1.49. The Kier molecular flexibility index (Phi) is 4.36. The molecule has 1 aromatic carbocycles. The number of amides is 1. The molecule has 3 aromatic rings. The Morgan fingerprint density at radius 2 is 1.96 bits per heavy atom. The fourth-order valence-corrected chi connectivity index (χ4v) is 5.17. The van der Waals surface area contributed by atoms with Crippen LogP contribution in [0.2, 0.25) is 0 Å². The number of benzene rings is 1. The summed E-state index contributed by atoms with van der Waals surface area (Å²) in [6.07, 6.45) is 0. The standard InChI is InChI=1S/C21H24N4O2S/c1-13(2)24-8-10-25(11-9-24)17-6-3-14-15(23-17)4-5-16-18(14)19-20(28-16)21(26)22-7-12-27-19/h3-6,13H,7-12H2,1-2H3,(H,22,26). The highest BCUT2D eigenvalue weighted by Crippen LogP contribution is 2.42. The number of aromatic nitrogens is 1. The number of ether oxygens (including phenoxy) is 1. The summed E-state index contributed by atoms with van der Waals surface area (Å²) in [7, 11) is 0. The molecule has 0 atom stereocenters. The number of hydrogen-bond donors (Lipinski definition) is 1. The van der Waals surface area contributed by atoms with Gasteiger partial charge >= 0.3 is 0 Å². The van der Waals surface area contributed by atoms with Gasteiger partial charge in [-0.1, -0.05) is 0 Å². The number of rotatable bonds is 2. The normalized spacial score (nSPS) is 18.2. The second kappa shape index (κ2) is 6.90. The van der Waals surface area contributed by atoms with Crippen LogP contribution in [0, 0.1) is 0 Å². The van der Waals surface area contributed by atoms with Crippen LogP contribution in [-0.4, -0.2) is 61.2 Å². The molecule has 2 aromatic heterocycles. The maximum Gasteiger partial charge on any atom is 0.265 e. The Morgan fingerprint density at radius 3 is 2.75 bits per heavy atom. The molecule has 28 heavy (non-hydrogen) atoms. The first-order chi connectivity index (χ1) is 13.6. The summed E-state index contributed by atoms with van der Waals surface area (Å²) in [4.78, 5) is 22.8. The van der Waals surface area contributed by atoms with Crippen LogP contribution >= 0.6 is 11.3 Å².